The minimum absolute atomic E-state index is 0.125. The number of hydrogen-bond acceptors (Lipinski definition) is 3. The molecule has 0 aliphatic rings. The van der Waals surface area contributed by atoms with E-state index in [9.17, 15) is 19.1 Å². The number of phenols is 1. The second kappa shape index (κ2) is 8.68. The quantitative estimate of drug-likeness (QED) is 0.673. The zero-order valence-electron chi connectivity index (χ0n) is 13.5. The normalized spacial score (nSPS) is 10.3. The Kier molecular flexibility index (Phi) is 6.33. The van der Waals surface area contributed by atoms with Crippen molar-refractivity contribution >= 4 is 12.0 Å². The number of carboxylic acid groups (broad SMARTS) is 1. The van der Waals surface area contributed by atoms with Crippen LogP contribution in [0, 0.1) is 5.82 Å². The molecule has 0 spiro atoms. The molecule has 132 valence electrons. The van der Waals surface area contributed by atoms with Gasteiger partial charge < -0.3 is 20.4 Å². The predicted molar refractivity (Wildman–Crippen MR) is 89.9 cm³/mol. The van der Waals surface area contributed by atoms with Crippen LogP contribution < -0.4 is 5.32 Å². The van der Waals surface area contributed by atoms with Crippen molar-refractivity contribution in [2.75, 3.05) is 13.1 Å². The lowest BCUT2D eigenvalue weighted by Gasteiger charge is -2.23. The number of carbonyl (C=O) groups excluding carboxylic acids is 1. The highest BCUT2D eigenvalue weighted by Crippen LogP contribution is 2.19. The fourth-order valence-electron chi connectivity index (χ4n) is 2.35. The number of rotatable bonds is 7. The van der Waals surface area contributed by atoms with Gasteiger partial charge in [0.25, 0.3) is 5.91 Å². The largest absolute Gasteiger partial charge is 0.507 e. The van der Waals surface area contributed by atoms with Crippen LogP contribution in [0.4, 0.5) is 9.18 Å². The van der Waals surface area contributed by atoms with Crippen molar-refractivity contribution in [3.63, 3.8) is 0 Å². The van der Waals surface area contributed by atoms with Crippen molar-refractivity contribution in [1.82, 2.24) is 10.2 Å². The molecule has 0 atom stereocenters. The van der Waals surface area contributed by atoms with Crippen molar-refractivity contribution in [2.24, 2.45) is 0 Å². The van der Waals surface area contributed by atoms with Crippen molar-refractivity contribution < 1.29 is 24.2 Å². The van der Waals surface area contributed by atoms with Gasteiger partial charge in [-0.3, -0.25) is 4.79 Å². The van der Waals surface area contributed by atoms with Crippen LogP contribution in [0.25, 0.3) is 0 Å². The number of amides is 2. The average molecular weight is 346 g/mol. The van der Waals surface area contributed by atoms with Gasteiger partial charge in [-0.05, 0) is 36.2 Å². The topological polar surface area (TPSA) is 89.9 Å². The zero-order chi connectivity index (χ0) is 18.2. The van der Waals surface area contributed by atoms with Crippen LogP contribution in [0.15, 0.2) is 48.5 Å². The number of carbonyl (C=O) groups is 2. The first kappa shape index (κ1) is 18.3. The fraction of sp³-hybridized carbons (Fsp3) is 0.222. The number of halogens is 1. The van der Waals surface area contributed by atoms with Gasteiger partial charge in [0.15, 0.2) is 0 Å². The third-order valence-electron chi connectivity index (χ3n) is 3.59. The standard InChI is InChI=1S/C18H19FN2O4/c19-14-8-6-13(7-9-14)12-21(11-3-10-20-18(24)25)17(23)15-4-1-2-5-16(15)22/h1-2,4-9,20,22H,3,10-12H2,(H,24,25). The fourth-order valence-corrected chi connectivity index (χ4v) is 2.35. The van der Waals surface area contributed by atoms with E-state index in [1.165, 1.54) is 29.2 Å². The van der Waals surface area contributed by atoms with E-state index in [1.54, 1.807) is 24.3 Å². The molecular weight excluding hydrogens is 327 g/mol. The van der Waals surface area contributed by atoms with Gasteiger partial charge in [-0.15, -0.1) is 0 Å². The van der Waals surface area contributed by atoms with E-state index < -0.39 is 6.09 Å². The summed E-state index contributed by atoms with van der Waals surface area (Å²) in [4.78, 5) is 24.7. The molecule has 2 aromatic rings. The second-order valence-corrected chi connectivity index (χ2v) is 5.46. The van der Waals surface area contributed by atoms with Crippen LogP contribution in [0.1, 0.15) is 22.3 Å². The molecule has 25 heavy (non-hydrogen) atoms. The lowest BCUT2D eigenvalue weighted by Crippen LogP contribution is -2.33. The molecule has 0 fully saturated rings. The van der Waals surface area contributed by atoms with Crippen LogP contribution in [-0.2, 0) is 6.54 Å². The van der Waals surface area contributed by atoms with Gasteiger partial charge in [0.05, 0.1) is 5.56 Å². The highest BCUT2D eigenvalue weighted by Gasteiger charge is 2.19. The van der Waals surface area contributed by atoms with E-state index in [0.717, 1.165) is 5.56 Å². The maximum Gasteiger partial charge on any atom is 0.404 e. The predicted octanol–water partition coefficient (Wildman–Crippen LogP) is 2.83. The van der Waals surface area contributed by atoms with E-state index in [-0.39, 0.29) is 42.7 Å². The molecule has 2 aromatic carbocycles. The summed E-state index contributed by atoms with van der Waals surface area (Å²) < 4.78 is 13.0. The van der Waals surface area contributed by atoms with Gasteiger partial charge >= 0.3 is 6.09 Å². The average Bonchev–Trinajstić information content (AvgIpc) is 2.59. The van der Waals surface area contributed by atoms with Crippen LogP contribution in [0.5, 0.6) is 5.75 Å². The summed E-state index contributed by atoms with van der Waals surface area (Å²) in [5.74, 6) is -0.869. The number of hydrogen-bond donors (Lipinski definition) is 3. The molecule has 0 aromatic heterocycles. The summed E-state index contributed by atoms with van der Waals surface area (Å²) in [6.07, 6.45) is -0.718. The SMILES string of the molecule is O=C(O)NCCCN(Cc1ccc(F)cc1)C(=O)c1ccccc1O. The smallest absolute Gasteiger partial charge is 0.404 e. The van der Waals surface area contributed by atoms with Gasteiger partial charge in [0.2, 0.25) is 0 Å². The number of para-hydroxylation sites is 1. The van der Waals surface area contributed by atoms with Gasteiger partial charge in [0.1, 0.15) is 11.6 Å². The molecule has 0 heterocycles. The van der Waals surface area contributed by atoms with Crippen LogP contribution in [0.2, 0.25) is 0 Å². The minimum atomic E-state index is -1.13. The first-order valence-electron chi connectivity index (χ1n) is 7.76. The van der Waals surface area contributed by atoms with E-state index in [2.05, 4.69) is 5.32 Å². The number of phenolic OH excluding ortho intramolecular Hbond substituents is 1. The molecule has 0 saturated heterocycles. The molecule has 0 saturated carbocycles. The Morgan fingerprint density at radius 2 is 1.76 bits per heavy atom. The third-order valence-corrected chi connectivity index (χ3v) is 3.59. The summed E-state index contributed by atoms with van der Waals surface area (Å²) in [5.41, 5.74) is 0.896. The number of benzene rings is 2. The highest BCUT2D eigenvalue weighted by molar-refractivity contribution is 5.96. The Hall–Kier alpha value is -3.09. The zero-order valence-corrected chi connectivity index (χ0v) is 13.5. The summed E-state index contributed by atoms with van der Waals surface area (Å²) >= 11 is 0. The van der Waals surface area contributed by atoms with E-state index in [0.29, 0.717) is 6.42 Å². The lowest BCUT2D eigenvalue weighted by atomic mass is 10.1. The maximum atomic E-state index is 13.0. The van der Waals surface area contributed by atoms with Crippen molar-refractivity contribution in [2.45, 2.75) is 13.0 Å². The molecule has 0 aliphatic carbocycles. The number of aromatic hydroxyl groups is 1. The molecule has 0 radical (unpaired) electrons. The first-order chi connectivity index (χ1) is 12.0. The number of nitrogens with one attached hydrogen (secondary N) is 1. The molecule has 2 amide bonds. The molecular formula is C18H19FN2O4. The second-order valence-electron chi connectivity index (χ2n) is 5.46. The Balaban J connectivity index is 2.12. The van der Waals surface area contributed by atoms with Gasteiger partial charge in [-0.25, -0.2) is 9.18 Å². The molecule has 0 unspecified atom stereocenters. The summed E-state index contributed by atoms with van der Waals surface area (Å²) in [6, 6.07) is 12.0. The van der Waals surface area contributed by atoms with E-state index in [4.69, 9.17) is 5.11 Å². The van der Waals surface area contributed by atoms with Crippen LogP contribution in [0.3, 0.4) is 0 Å². The number of nitrogens with zero attached hydrogens (tertiary/aromatic N) is 1. The Morgan fingerprint density at radius 3 is 2.40 bits per heavy atom. The molecule has 7 heteroatoms. The minimum Gasteiger partial charge on any atom is -0.507 e. The molecule has 0 bridgehead atoms. The highest BCUT2D eigenvalue weighted by atomic mass is 19.1. The molecule has 6 nitrogen and oxygen atoms in total. The first-order valence-corrected chi connectivity index (χ1v) is 7.76. The molecule has 2 rings (SSSR count). The Bertz CT molecular complexity index is 734. The summed E-state index contributed by atoms with van der Waals surface area (Å²) in [5, 5.41) is 20.7. The van der Waals surface area contributed by atoms with Gasteiger partial charge in [-0.2, -0.15) is 0 Å². The summed E-state index contributed by atoms with van der Waals surface area (Å²) in [6.45, 7) is 0.703. The Morgan fingerprint density at radius 1 is 1.08 bits per heavy atom. The van der Waals surface area contributed by atoms with Gasteiger partial charge in [-0.1, -0.05) is 24.3 Å². The maximum absolute atomic E-state index is 13.0. The van der Waals surface area contributed by atoms with Crippen LogP contribution in [-0.4, -0.2) is 40.2 Å². The third kappa shape index (κ3) is 5.49. The van der Waals surface area contributed by atoms with E-state index in [1.807, 2.05) is 0 Å². The van der Waals surface area contributed by atoms with Crippen molar-refractivity contribution in [3.8, 4) is 5.75 Å². The van der Waals surface area contributed by atoms with Gasteiger partial charge in [0, 0.05) is 19.6 Å². The molecule has 3 N–H and O–H groups in total. The lowest BCUT2D eigenvalue weighted by molar-refractivity contribution is 0.0738. The van der Waals surface area contributed by atoms with Crippen LogP contribution >= 0.6 is 0 Å². The summed E-state index contributed by atoms with van der Waals surface area (Å²) in [7, 11) is 0. The van der Waals surface area contributed by atoms with Crippen molar-refractivity contribution in [1.29, 1.82) is 0 Å². The monoisotopic (exact) mass is 346 g/mol. The Labute approximate surface area is 144 Å². The van der Waals surface area contributed by atoms with E-state index >= 15 is 0 Å². The molecule has 0 aliphatic heterocycles. The van der Waals surface area contributed by atoms with Crippen molar-refractivity contribution in [3.05, 3.63) is 65.5 Å².